The molecule has 0 aliphatic carbocycles. The summed E-state index contributed by atoms with van der Waals surface area (Å²) in [5.41, 5.74) is 6.32. The van der Waals surface area contributed by atoms with E-state index in [1.165, 1.54) is 5.56 Å². The van der Waals surface area contributed by atoms with Crippen molar-refractivity contribution in [1.82, 2.24) is 14.5 Å². The molecule has 0 amide bonds. The summed E-state index contributed by atoms with van der Waals surface area (Å²) in [6.45, 7) is 2.76. The number of halogens is 1. The predicted molar refractivity (Wildman–Crippen MR) is 133 cm³/mol. The number of anilines is 1. The molecule has 3 aromatic carbocycles. The first-order valence-electron chi connectivity index (χ1n) is 10.5. The van der Waals surface area contributed by atoms with Crippen molar-refractivity contribution >= 4 is 28.5 Å². The summed E-state index contributed by atoms with van der Waals surface area (Å²) in [7, 11) is 2.07. The molecule has 0 saturated carbocycles. The molecule has 4 nitrogen and oxygen atoms in total. The van der Waals surface area contributed by atoms with Crippen molar-refractivity contribution in [1.29, 1.82) is 0 Å². The third-order valence-corrected chi connectivity index (χ3v) is 6.11. The Balaban J connectivity index is 1.72. The van der Waals surface area contributed by atoms with Crippen LogP contribution in [0.2, 0.25) is 5.02 Å². The summed E-state index contributed by atoms with van der Waals surface area (Å²) in [4.78, 5) is 11.6. The van der Waals surface area contributed by atoms with Gasteiger partial charge in [0.1, 0.15) is 12.1 Å². The van der Waals surface area contributed by atoms with Gasteiger partial charge in [-0.1, -0.05) is 78.3 Å². The number of aromatic nitrogens is 3. The minimum Gasteiger partial charge on any atom is -0.355 e. The second-order valence-corrected chi connectivity index (χ2v) is 8.36. The zero-order chi connectivity index (χ0) is 22.1. The van der Waals surface area contributed by atoms with Crippen molar-refractivity contribution in [2.75, 3.05) is 11.9 Å². The van der Waals surface area contributed by atoms with Gasteiger partial charge >= 0.3 is 0 Å². The first kappa shape index (κ1) is 20.3. The van der Waals surface area contributed by atoms with E-state index in [2.05, 4.69) is 82.3 Å². The Morgan fingerprint density at radius 3 is 2.34 bits per heavy atom. The van der Waals surface area contributed by atoms with E-state index in [1.807, 2.05) is 31.2 Å². The highest BCUT2D eigenvalue weighted by Gasteiger charge is 2.19. The second-order valence-electron chi connectivity index (χ2n) is 7.95. The van der Waals surface area contributed by atoms with E-state index >= 15 is 0 Å². The van der Waals surface area contributed by atoms with Gasteiger partial charge in [-0.3, -0.25) is 0 Å². The molecule has 0 N–H and O–H groups in total. The van der Waals surface area contributed by atoms with E-state index in [-0.39, 0.29) is 0 Å². The van der Waals surface area contributed by atoms with E-state index in [9.17, 15) is 0 Å². The Hall–Kier alpha value is -3.63. The van der Waals surface area contributed by atoms with Crippen molar-refractivity contribution in [2.24, 2.45) is 0 Å². The first-order chi connectivity index (χ1) is 15.6. The zero-order valence-electron chi connectivity index (χ0n) is 18.0. The van der Waals surface area contributed by atoms with Crippen LogP contribution in [0.25, 0.3) is 27.8 Å². The van der Waals surface area contributed by atoms with E-state index in [4.69, 9.17) is 16.6 Å². The van der Waals surface area contributed by atoms with Crippen LogP contribution in [-0.2, 0) is 6.54 Å². The number of aryl methyl sites for hydroxylation is 1. The Kier molecular flexibility index (Phi) is 5.38. The summed E-state index contributed by atoms with van der Waals surface area (Å²) in [6.07, 6.45) is 3.77. The Bertz CT molecular complexity index is 1380. The zero-order valence-corrected chi connectivity index (χ0v) is 18.8. The van der Waals surface area contributed by atoms with Crippen LogP contribution in [0.15, 0.2) is 91.4 Å². The number of nitrogens with zero attached hydrogens (tertiary/aromatic N) is 4. The monoisotopic (exact) mass is 438 g/mol. The van der Waals surface area contributed by atoms with Crippen LogP contribution in [0.4, 0.5) is 5.82 Å². The standard InChI is InChI=1S/C27H23ClN4/c1-19-13-14-22(15-24(19)28)32-17-23(21-11-7-4-8-12-21)25-26(29-18-30-27(25)32)31(2)16-20-9-5-3-6-10-20/h3-15,17-18H,16H2,1-2H3. The van der Waals surface area contributed by atoms with Gasteiger partial charge in [-0.15, -0.1) is 0 Å². The quantitative estimate of drug-likeness (QED) is 0.306. The lowest BCUT2D eigenvalue weighted by molar-refractivity contribution is 0.899. The number of hydrogen-bond acceptors (Lipinski definition) is 3. The van der Waals surface area contributed by atoms with E-state index in [0.717, 1.165) is 50.8 Å². The first-order valence-corrected chi connectivity index (χ1v) is 10.9. The molecule has 5 rings (SSSR count). The lowest BCUT2D eigenvalue weighted by atomic mass is 10.1. The van der Waals surface area contributed by atoms with Crippen LogP contribution in [0.5, 0.6) is 0 Å². The largest absolute Gasteiger partial charge is 0.355 e. The summed E-state index contributed by atoms with van der Waals surface area (Å²) >= 11 is 6.46. The molecule has 0 radical (unpaired) electrons. The maximum Gasteiger partial charge on any atom is 0.150 e. The molecule has 2 heterocycles. The maximum absolute atomic E-state index is 6.46. The van der Waals surface area contributed by atoms with Crippen LogP contribution in [0.1, 0.15) is 11.1 Å². The smallest absolute Gasteiger partial charge is 0.150 e. The minimum atomic E-state index is 0.737. The molecular weight excluding hydrogens is 416 g/mol. The summed E-state index contributed by atoms with van der Waals surface area (Å²) in [5.74, 6) is 0.898. The van der Waals surface area contributed by atoms with Gasteiger partial charge in [0.25, 0.3) is 0 Å². The lowest BCUT2D eigenvalue weighted by Gasteiger charge is -2.19. The van der Waals surface area contributed by atoms with Crippen LogP contribution < -0.4 is 4.90 Å². The van der Waals surface area contributed by atoms with Gasteiger partial charge in [-0.05, 0) is 35.7 Å². The molecule has 32 heavy (non-hydrogen) atoms. The number of hydrogen-bond donors (Lipinski definition) is 0. The second kappa shape index (κ2) is 8.48. The molecule has 2 aromatic heterocycles. The Labute approximate surface area is 192 Å². The van der Waals surface area contributed by atoms with Gasteiger partial charge in [-0.2, -0.15) is 0 Å². The van der Waals surface area contributed by atoms with Crippen LogP contribution in [-0.4, -0.2) is 21.6 Å². The van der Waals surface area contributed by atoms with Crippen molar-refractivity contribution in [3.63, 3.8) is 0 Å². The molecule has 0 aliphatic heterocycles. The molecule has 0 atom stereocenters. The Morgan fingerprint density at radius 2 is 1.62 bits per heavy atom. The highest BCUT2D eigenvalue weighted by atomic mass is 35.5. The highest BCUT2D eigenvalue weighted by molar-refractivity contribution is 6.31. The summed E-state index contributed by atoms with van der Waals surface area (Å²) in [6, 6.07) is 26.9. The number of benzene rings is 3. The summed E-state index contributed by atoms with van der Waals surface area (Å²) < 4.78 is 2.10. The molecule has 0 unspecified atom stereocenters. The fraction of sp³-hybridized carbons (Fsp3) is 0.111. The number of rotatable bonds is 5. The van der Waals surface area contributed by atoms with E-state index in [1.54, 1.807) is 6.33 Å². The summed E-state index contributed by atoms with van der Waals surface area (Å²) in [5, 5.41) is 1.76. The Morgan fingerprint density at radius 1 is 0.906 bits per heavy atom. The van der Waals surface area contributed by atoms with Crippen LogP contribution >= 0.6 is 11.6 Å². The van der Waals surface area contributed by atoms with Crippen molar-refractivity contribution in [2.45, 2.75) is 13.5 Å². The van der Waals surface area contributed by atoms with Gasteiger partial charge in [-0.25, -0.2) is 9.97 Å². The molecular formula is C27H23ClN4. The fourth-order valence-electron chi connectivity index (χ4n) is 4.03. The third-order valence-electron chi connectivity index (χ3n) is 5.71. The third kappa shape index (κ3) is 3.74. The van der Waals surface area contributed by atoms with Gasteiger partial charge < -0.3 is 9.47 Å². The molecule has 0 bridgehead atoms. The van der Waals surface area contributed by atoms with E-state index in [0.29, 0.717) is 0 Å². The maximum atomic E-state index is 6.46. The van der Waals surface area contributed by atoms with Crippen LogP contribution in [0, 0.1) is 6.92 Å². The van der Waals surface area contributed by atoms with Gasteiger partial charge in [0.2, 0.25) is 0 Å². The van der Waals surface area contributed by atoms with Gasteiger partial charge in [0, 0.05) is 36.1 Å². The van der Waals surface area contributed by atoms with Crippen LogP contribution in [0.3, 0.4) is 0 Å². The molecule has 0 aliphatic rings. The lowest BCUT2D eigenvalue weighted by Crippen LogP contribution is -2.18. The van der Waals surface area contributed by atoms with Gasteiger partial charge in [0.05, 0.1) is 5.39 Å². The molecule has 5 aromatic rings. The van der Waals surface area contributed by atoms with Crippen molar-refractivity contribution in [3.8, 4) is 16.8 Å². The molecule has 5 heteroatoms. The molecule has 158 valence electrons. The van der Waals surface area contributed by atoms with Gasteiger partial charge in [0.15, 0.2) is 5.65 Å². The highest BCUT2D eigenvalue weighted by Crippen LogP contribution is 2.37. The molecule has 0 fully saturated rings. The average molecular weight is 439 g/mol. The van der Waals surface area contributed by atoms with E-state index < -0.39 is 0 Å². The van der Waals surface area contributed by atoms with Crippen molar-refractivity contribution in [3.05, 3.63) is 108 Å². The normalized spacial score (nSPS) is 11.1. The predicted octanol–water partition coefficient (Wildman–Crippen LogP) is 6.69. The van der Waals surface area contributed by atoms with Crippen molar-refractivity contribution < 1.29 is 0 Å². The number of fused-ring (bicyclic) bond motifs is 1. The molecule has 0 saturated heterocycles. The topological polar surface area (TPSA) is 34.0 Å². The molecule has 0 spiro atoms. The average Bonchev–Trinajstić information content (AvgIpc) is 3.22. The minimum absolute atomic E-state index is 0.737. The fourth-order valence-corrected chi connectivity index (χ4v) is 4.21. The SMILES string of the molecule is Cc1ccc(-n2cc(-c3ccccc3)c3c(N(C)Cc4ccccc4)ncnc32)cc1Cl.